The number of allylic oxidation sites excluding steroid dienone is 2. The van der Waals surface area contributed by atoms with E-state index in [1.165, 1.54) is 25.7 Å². The lowest BCUT2D eigenvalue weighted by Gasteiger charge is -2.24. The molecule has 3 aliphatic carbocycles. The highest BCUT2D eigenvalue weighted by atomic mass is 16.1. The van der Waals surface area contributed by atoms with Gasteiger partial charge in [-0.25, -0.2) is 0 Å². The second-order valence-electron chi connectivity index (χ2n) is 5.33. The molecule has 0 aromatic carbocycles. The summed E-state index contributed by atoms with van der Waals surface area (Å²) in [5.74, 6) is 0.386. The van der Waals surface area contributed by atoms with Crippen molar-refractivity contribution in [3.05, 3.63) is 12.2 Å². The highest BCUT2D eigenvalue weighted by molar-refractivity contribution is 6.03. The van der Waals surface area contributed by atoms with E-state index in [1.807, 2.05) is 6.08 Å². The van der Waals surface area contributed by atoms with Crippen LogP contribution in [0.25, 0.3) is 0 Å². The maximum Gasteiger partial charge on any atom is 0.162 e. The zero-order chi connectivity index (χ0) is 9.32. The lowest BCUT2D eigenvalue weighted by atomic mass is 9.80. The van der Waals surface area contributed by atoms with Crippen LogP contribution in [-0.2, 0) is 4.79 Å². The van der Waals surface area contributed by atoms with Gasteiger partial charge in [0, 0.05) is 10.8 Å². The van der Waals surface area contributed by atoms with Crippen molar-refractivity contribution in [3.63, 3.8) is 0 Å². The van der Waals surface area contributed by atoms with E-state index >= 15 is 0 Å². The molecule has 0 bridgehead atoms. The number of hydrogen-bond donors (Lipinski definition) is 0. The smallest absolute Gasteiger partial charge is 0.162 e. The molecule has 0 aromatic rings. The van der Waals surface area contributed by atoms with Gasteiger partial charge in [0.15, 0.2) is 5.78 Å². The predicted octanol–water partition coefficient (Wildman–Crippen LogP) is 2.71. The van der Waals surface area contributed by atoms with Crippen molar-refractivity contribution in [2.24, 2.45) is 16.2 Å². The van der Waals surface area contributed by atoms with Crippen LogP contribution in [0.2, 0.25) is 0 Å². The summed E-state index contributed by atoms with van der Waals surface area (Å²) in [6.07, 6.45) is 9.15. The Labute approximate surface area is 79.2 Å². The molecule has 70 valence electrons. The fourth-order valence-electron chi connectivity index (χ4n) is 4.31. The molecule has 1 nitrogen and oxygen atoms in total. The van der Waals surface area contributed by atoms with E-state index in [-0.39, 0.29) is 10.8 Å². The van der Waals surface area contributed by atoms with Crippen LogP contribution in [0.1, 0.15) is 39.5 Å². The average molecular weight is 176 g/mol. The lowest BCUT2D eigenvalue weighted by Crippen LogP contribution is -2.17. The molecule has 3 rings (SSSR count). The first kappa shape index (κ1) is 7.78. The molecule has 3 aliphatic rings. The van der Waals surface area contributed by atoms with Crippen molar-refractivity contribution < 1.29 is 4.79 Å². The Hall–Kier alpha value is -0.590. The summed E-state index contributed by atoms with van der Waals surface area (Å²) < 4.78 is 0. The third-order valence-electron chi connectivity index (χ3n) is 5.43. The number of fused-ring (bicyclic) bond motifs is 1. The molecular formula is C12H16O. The Bertz CT molecular complexity index is 330. The van der Waals surface area contributed by atoms with E-state index in [9.17, 15) is 4.79 Å². The molecule has 0 aliphatic heterocycles. The molecule has 0 N–H and O–H groups in total. The normalized spacial score (nSPS) is 57.5. The van der Waals surface area contributed by atoms with Crippen LogP contribution in [0.3, 0.4) is 0 Å². The SMILES string of the molecule is CC12CCCCC13C=CC(=O)C23C. The van der Waals surface area contributed by atoms with E-state index in [2.05, 4.69) is 19.9 Å². The number of hydrogen-bond acceptors (Lipinski definition) is 1. The fourth-order valence-corrected chi connectivity index (χ4v) is 4.31. The Morgan fingerprint density at radius 3 is 2.62 bits per heavy atom. The summed E-state index contributed by atoms with van der Waals surface area (Å²) in [6.45, 7) is 4.49. The van der Waals surface area contributed by atoms with E-state index in [0.29, 0.717) is 11.2 Å². The summed E-state index contributed by atoms with van der Waals surface area (Å²) in [6, 6.07) is 0. The third-order valence-corrected chi connectivity index (χ3v) is 5.43. The summed E-state index contributed by atoms with van der Waals surface area (Å²) in [4.78, 5) is 11.8. The highest BCUT2D eigenvalue weighted by Gasteiger charge is 2.84. The number of rotatable bonds is 0. The quantitative estimate of drug-likeness (QED) is 0.554. The van der Waals surface area contributed by atoms with Crippen LogP contribution in [0.15, 0.2) is 12.2 Å². The summed E-state index contributed by atoms with van der Waals surface area (Å²) in [5, 5.41) is 0. The van der Waals surface area contributed by atoms with E-state index in [0.717, 1.165) is 0 Å². The van der Waals surface area contributed by atoms with Gasteiger partial charge in [-0.05, 0) is 24.3 Å². The Kier molecular flexibility index (Phi) is 1.06. The van der Waals surface area contributed by atoms with Crippen LogP contribution >= 0.6 is 0 Å². The first-order valence-corrected chi connectivity index (χ1v) is 5.32. The molecule has 3 unspecified atom stereocenters. The van der Waals surface area contributed by atoms with E-state index in [1.54, 1.807) is 0 Å². The molecule has 0 aromatic heterocycles. The first-order chi connectivity index (χ1) is 6.08. The predicted molar refractivity (Wildman–Crippen MR) is 51.3 cm³/mol. The van der Waals surface area contributed by atoms with Crippen LogP contribution in [0.4, 0.5) is 0 Å². The van der Waals surface area contributed by atoms with Crippen molar-refractivity contribution in [2.75, 3.05) is 0 Å². The Morgan fingerprint density at radius 1 is 1.23 bits per heavy atom. The van der Waals surface area contributed by atoms with Crippen molar-refractivity contribution in [1.82, 2.24) is 0 Å². The maximum absolute atomic E-state index is 11.8. The maximum atomic E-state index is 11.8. The number of ketones is 1. The van der Waals surface area contributed by atoms with Crippen LogP contribution in [0.5, 0.6) is 0 Å². The van der Waals surface area contributed by atoms with Crippen molar-refractivity contribution in [2.45, 2.75) is 39.5 Å². The van der Waals surface area contributed by atoms with Gasteiger partial charge in [0.25, 0.3) is 0 Å². The van der Waals surface area contributed by atoms with Crippen LogP contribution < -0.4 is 0 Å². The summed E-state index contributed by atoms with van der Waals surface area (Å²) in [5.41, 5.74) is 0.565. The molecule has 0 heterocycles. The minimum Gasteiger partial charge on any atom is -0.294 e. The number of carbonyl (C=O) groups excluding carboxylic acids is 1. The minimum atomic E-state index is -0.0174. The molecule has 0 amide bonds. The van der Waals surface area contributed by atoms with E-state index in [4.69, 9.17) is 0 Å². The zero-order valence-corrected chi connectivity index (χ0v) is 8.39. The average Bonchev–Trinajstić information content (AvgIpc) is 2.43. The van der Waals surface area contributed by atoms with Gasteiger partial charge >= 0.3 is 0 Å². The van der Waals surface area contributed by atoms with Gasteiger partial charge in [0.05, 0.1) is 0 Å². The van der Waals surface area contributed by atoms with Crippen LogP contribution in [-0.4, -0.2) is 5.78 Å². The topological polar surface area (TPSA) is 17.1 Å². The van der Waals surface area contributed by atoms with Gasteiger partial charge in [0.1, 0.15) is 0 Å². The molecular weight excluding hydrogens is 160 g/mol. The molecule has 2 fully saturated rings. The van der Waals surface area contributed by atoms with Gasteiger partial charge in [-0.2, -0.15) is 0 Å². The molecule has 2 saturated carbocycles. The molecule has 0 radical (unpaired) electrons. The highest BCUT2D eigenvalue weighted by Crippen LogP contribution is 2.86. The molecule has 1 heteroatoms. The van der Waals surface area contributed by atoms with Gasteiger partial charge in [-0.15, -0.1) is 0 Å². The molecule has 1 spiro atoms. The largest absolute Gasteiger partial charge is 0.294 e. The first-order valence-electron chi connectivity index (χ1n) is 5.32. The minimum absolute atomic E-state index is 0.0174. The number of carbonyl (C=O) groups is 1. The lowest BCUT2D eigenvalue weighted by molar-refractivity contribution is -0.120. The summed E-state index contributed by atoms with van der Waals surface area (Å²) >= 11 is 0. The van der Waals surface area contributed by atoms with Gasteiger partial charge in [-0.1, -0.05) is 32.8 Å². The molecule has 13 heavy (non-hydrogen) atoms. The van der Waals surface area contributed by atoms with E-state index < -0.39 is 0 Å². The van der Waals surface area contributed by atoms with Crippen molar-refractivity contribution in [1.29, 1.82) is 0 Å². The Balaban J connectivity index is 2.15. The monoisotopic (exact) mass is 176 g/mol. The van der Waals surface area contributed by atoms with Crippen molar-refractivity contribution in [3.8, 4) is 0 Å². The van der Waals surface area contributed by atoms with Gasteiger partial charge < -0.3 is 0 Å². The summed E-state index contributed by atoms with van der Waals surface area (Å²) in [7, 11) is 0. The fraction of sp³-hybridized carbons (Fsp3) is 0.750. The second-order valence-corrected chi connectivity index (χ2v) is 5.33. The molecule has 3 atom stereocenters. The zero-order valence-electron chi connectivity index (χ0n) is 8.39. The van der Waals surface area contributed by atoms with Gasteiger partial charge in [0.2, 0.25) is 0 Å². The Morgan fingerprint density at radius 2 is 1.92 bits per heavy atom. The van der Waals surface area contributed by atoms with Crippen LogP contribution in [0, 0.1) is 16.2 Å². The third kappa shape index (κ3) is 0.490. The molecule has 0 saturated heterocycles. The standard InChI is InChI=1S/C12H16O/c1-10-6-3-4-7-12(10)8-5-9(13)11(10,12)2/h5,8H,3-4,6-7H2,1-2H3. The van der Waals surface area contributed by atoms with Gasteiger partial charge in [-0.3, -0.25) is 4.79 Å². The second kappa shape index (κ2) is 1.77. The van der Waals surface area contributed by atoms with Crippen molar-refractivity contribution >= 4 is 5.78 Å².